The standard InChI is InChI=1S/C12H18N2O3/c1-3-16-12(15)10-8-14(13-9(10)2)11-6-4-5-7-17-11/h8,11H,3-7H2,1-2H3. The molecule has 1 fully saturated rings. The third-order valence-electron chi connectivity index (χ3n) is 2.86. The van der Waals surface area contributed by atoms with Gasteiger partial charge in [-0.1, -0.05) is 0 Å². The lowest BCUT2D eigenvalue weighted by Crippen LogP contribution is -2.18. The van der Waals surface area contributed by atoms with Gasteiger partial charge in [0.25, 0.3) is 0 Å². The van der Waals surface area contributed by atoms with E-state index in [-0.39, 0.29) is 12.2 Å². The molecule has 2 rings (SSSR count). The molecule has 0 amide bonds. The average molecular weight is 238 g/mol. The molecular formula is C12H18N2O3. The number of hydrogen-bond acceptors (Lipinski definition) is 4. The molecule has 1 aromatic heterocycles. The molecule has 1 unspecified atom stereocenters. The van der Waals surface area contributed by atoms with E-state index in [4.69, 9.17) is 9.47 Å². The van der Waals surface area contributed by atoms with Crippen LogP contribution in [0.4, 0.5) is 0 Å². The van der Waals surface area contributed by atoms with Crippen LogP contribution in [-0.2, 0) is 9.47 Å². The number of carbonyl (C=O) groups is 1. The summed E-state index contributed by atoms with van der Waals surface area (Å²) in [5, 5.41) is 4.33. The Balaban J connectivity index is 2.14. The summed E-state index contributed by atoms with van der Waals surface area (Å²) < 4.78 is 12.3. The van der Waals surface area contributed by atoms with Crippen LogP contribution in [0.25, 0.3) is 0 Å². The minimum atomic E-state index is -0.313. The van der Waals surface area contributed by atoms with Crippen LogP contribution in [0.5, 0.6) is 0 Å². The molecule has 2 heterocycles. The second-order valence-corrected chi connectivity index (χ2v) is 4.15. The van der Waals surface area contributed by atoms with Gasteiger partial charge in [0, 0.05) is 12.8 Å². The lowest BCUT2D eigenvalue weighted by atomic mass is 10.2. The molecule has 5 nitrogen and oxygen atoms in total. The van der Waals surface area contributed by atoms with E-state index in [1.807, 2.05) is 6.92 Å². The van der Waals surface area contributed by atoms with Gasteiger partial charge in [0.1, 0.15) is 11.8 Å². The van der Waals surface area contributed by atoms with E-state index in [1.165, 1.54) is 0 Å². The SMILES string of the molecule is CCOC(=O)c1cn(C2CCCCO2)nc1C. The molecule has 0 spiro atoms. The van der Waals surface area contributed by atoms with Gasteiger partial charge < -0.3 is 9.47 Å². The van der Waals surface area contributed by atoms with Crippen LogP contribution in [0.2, 0.25) is 0 Å². The lowest BCUT2D eigenvalue weighted by molar-refractivity contribution is -0.0396. The maximum absolute atomic E-state index is 11.6. The summed E-state index contributed by atoms with van der Waals surface area (Å²) in [6.45, 7) is 4.75. The van der Waals surface area contributed by atoms with Crippen molar-refractivity contribution in [3.8, 4) is 0 Å². The zero-order valence-corrected chi connectivity index (χ0v) is 10.3. The third kappa shape index (κ3) is 2.66. The van der Waals surface area contributed by atoms with Crippen molar-refractivity contribution < 1.29 is 14.3 Å². The Morgan fingerprint density at radius 1 is 1.65 bits per heavy atom. The number of ether oxygens (including phenoxy) is 2. The van der Waals surface area contributed by atoms with Crippen molar-refractivity contribution in [3.63, 3.8) is 0 Å². The summed E-state index contributed by atoms with van der Waals surface area (Å²) in [5.41, 5.74) is 1.22. The van der Waals surface area contributed by atoms with Gasteiger partial charge >= 0.3 is 5.97 Å². The quantitative estimate of drug-likeness (QED) is 0.756. The first-order chi connectivity index (χ1) is 8.22. The molecule has 0 aliphatic carbocycles. The van der Waals surface area contributed by atoms with Crippen LogP contribution in [0.15, 0.2) is 6.20 Å². The van der Waals surface area contributed by atoms with E-state index >= 15 is 0 Å². The number of nitrogens with zero attached hydrogens (tertiary/aromatic N) is 2. The summed E-state index contributed by atoms with van der Waals surface area (Å²) in [5.74, 6) is -0.313. The number of aromatic nitrogens is 2. The van der Waals surface area contributed by atoms with Crippen molar-refractivity contribution in [1.29, 1.82) is 0 Å². The van der Waals surface area contributed by atoms with E-state index in [1.54, 1.807) is 17.8 Å². The zero-order valence-electron chi connectivity index (χ0n) is 10.3. The van der Waals surface area contributed by atoms with Crippen molar-refractivity contribution in [2.75, 3.05) is 13.2 Å². The smallest absolute Gasteiger partial charge is 0.341 e. The minimum Gasteiger partial charge on any atom is -0.462 e. The molecule has 17 heavy (non-hydrogen) atoms. The predicted octanol–water partition coefficient (Wildman–Crippen LogP) is 2.07. The lowest BCUT2D eigenvalue weighted by Gasteiger charge is -2.22. The highest BCUT2D eigenvalue weighted by atomic mass is 16.5. The molecule has 94 valence electrons. The van der Waals surface area contributed by atoms with Gasteiger partial charge in [0.15, 0.2) is 0 Å². The second-order valence-electron chi connectivity index (χ2n) is 4.15. The number of carbonyl (C=O) groups excluding carboxylic acids is 1. The van der Waals surface area contributed by atoms with Crippen LogP contribution < -0.4 is 0 Å². The summed E-state index contributed by atoms with van der Waals surface area (Å²) in [6.07, 6.45) is 4.87. The third-order valence-corrected chi connectivity index (χ3v) is 2.86. The van der Waals surface area contributed by atoms with Crippen molar-refractivity contribution in [2.24, 2.45) is 0 Å². The van der Waals surface area contributed by atoms with Crippen LogP contribution in [0.1, 0.15) is 48.5 Å². The molecule has 1 aliphatic heterocycles. The largest absolute Gasteiger partial charge is 0.462 e. The highest BCUT2D eigenvalue weighted by Crippen LogP contribution is 2.23. The Labute approximate surface area is 101 Å². The molecule has 0 bridgehead atoms. The molecule has 0 aromatic carbocycles. The number of aryl methyl sites for hydroxylation is 1. The molecule has 1 atom stereocenters. The van der Waals surface area contributed by atoms with Crippen molar-refractivity contribution in [3.05, 3.63) is 17.5 Å². The molecule has 1 aromatic rings. The minimum absolute atomic E-state index is 0.0365. The monoisotopic (exact) mass is 238 g/mol. The Morgan fingerprint density at radius 3 is 3.12 bits per heavy atom. The highest BCUT2D eigenvalue weighted by Gasteiger charge is 2.20. The Morgan fingerprint density at radius 2 is 2.47 bits per heavy atom. The van der Waals surface area contributed by atoms with Crippen LogP contribution in [0.3, 0.4) is 0 Å². The summed E-state index contributed by atoms with van der Waals surface area (Å²) in [4.78, 5) is 11.6. The molecule has 0 N–H and O–H groups in total. The van der Waals surface area contributed by atoms with Crippen LogP contribution in [-0.4, -0.2) is 29.0 Å². The maximum Gasteiger partial charge on any atom is 0.341 e. The first-order valence-electron chi connectivity index (χ1n) is 6.07. The van der Waals surface area contributed by atoms with E-state index in [0.717, 1.165) is 25.9 Å². The zero-order chi connectivity index (χ0) is 12.3. The van der Waals surface area contributed by atoms with E-state index in [2.05, 4.69) is 5.10 Å². The predicted molar refractivity (Wildman–Crippen MR) is 61.8 cm³/mol. The van der Waals surface area contributed by atoms with Gasteiger partial charge in [0.2, 0.25) is 0 Å². The van der Waals surface area contributed by atoms with Gasteiger partial charge in [-0.15, -0.1) is 0 Å². The molecule has 1 aliphatic rings. The molecule has 0 radical (unpaired) electrons. The summed E-state index contributed by atoms with van der Waals surface area (Å²) >= 11 is 0. The number of rotatable bonds is 3. The van der Waals surface area contributed by atoms with Gasteiger partial charge in [-0.3, -0.25) is 0 Å². The Hall–Kier alpha value is -1.36. The Kier molecular flexibility index (Phi) is 3.78. The van der Waals surface area contributed by atoms with Crippen molar-refractivity contribution >= 4 is 5.97 Å². The van der Waals surface area contributed by atoms with Crippen LogP contribution >= 0.6 is 0 Å². The maximum atomic E-state index is 11.6. The first-order valence-corrected chi connectivity index (χ1v) is 6.07. The first kappa shape index (κ1) is 12.1. The second kappa shape index (κ2) is 5.31. The van der Waals surface area contributed by atoms with E-state index in [0.29, 0.717) is 17.9 Å². The molecule has 0 saturated carbocycles. The van der Waals surface area contributed by atoms with Crippen molar-refractivity contribution in [2.45, 2.75) is 39.3 Å². The number of hydrogen-bond donors (Lipinski definition) is 0. The summed E-state index contributed by atoms with van der Waals surface area (Å²) in [7, 11) is 0. The fourth-order valence-electron chi connectivity index (χ4n) is 1.97. The highest BCUT2D eigenvalue weighted by molar-refractivity contribution is 5.90. The van der Waals surface area contributed by atoms with Crippen LogP contribution in [0, 0.1) is 6.92 Å². The van der Waals surface area contributed by atoms with Gasteiger partial charge in [-0.25, -0.2) is 9.48 Å². The normalized spacial score (nSPS) is 20.2. The van der Waals surface area contributed by atoms with E-state index < -0.39 is 0 Å². The Bertz CT molecular complexity index is 394. The average Bonchev–Trinajstić information content (AvgIpc) is 2.73. The van der Waals surface area contributed by atoms with E-state index in [9.17, 15) is 4.79 Å². The van der Waals surface area contributed by atoms with Crippen molar-refractivity contribution in [1.82, 2.24) is 9.78 Å². The summed E-state index contributed by atoms with van der Waals surface area (Å²) in [6, 6.07) is 0. The molecular weight excluding hydrogens is 220 g/mol. The molecule has 1 saturated heterocycles. The van der Waals surface area contributed by atoms with Gasteiger partial charge in [-0.2, -0.15) is 5.10 Å². The number of esters is 1. The fraction of sp³-hybridized carbons (Fsp3) is 0.667. The van der Waals surface area contributed by atoms with Gasteiger partial charge in [0.05, 0.1) is 12.3 Å². The fourth-order valence-corrected chi connectivity index (χ4v) is 1.97. The topological polar surface area (TPSA) is 53.4 Å². The molecule has 5 heteroatoms. The van der Waals surface area contributed by atoms with Gasteiger partial charge in [-0.05, 0) is 33.1 Å².